The van der Waals surface area contributed by atoms with E-state index in [2.05, 4.69) is 20.3 Å². The highest BCUT2D eigenvalue weighted by molar-refractivity contribution is 7.70. The molecule has 1 saturated carbocycles. The lowest BCUT2D eigenvalue weighted by atomic mass is 10.1. The van der Waals surface area contributed by atoms with E-state index < -0.39 is 52.2 Å². The number of rotatable bonds is 8. The molecule has 0 spiro atoms. The van der Waals surface area contributed by atoms with Gasteiger partial charge < -0.3 is 39.5 Å². The quantitative estimate of drug-likeness (QED) is 0.207. The number of aliphatic hydroxyl groups excluding tert-OH is 2. The van der Waals surface area contributed by atoms with Crippen molar-refractivity contribution in [3.05, 3.63) is 11.6 Å². The van der Waals surface area contributed by atoms with E-state index in [1.807, 2.05) is 0 Å². The number of aliphatic hydroxyl groups is 2. The van der Waals surface area contributed by atoms with Crippen LogP contribution in [0.1, 0.15) is 31.9 Å². The topological polar surface area (TPSA) is 209 Å². The van der Waals surface area contributed by atoms with E-state index in [9.17, 15) is 24.2 Å². The van der Waals surface area contributed by atoms with Gasteiger partial charge in [-0.3, -0.25) is 13.7 Å². The number of aromatic nitrogens is 4. The SMILES string of the molecule is O=P(O)(O)CP(=O)(O)OC[C@H]1O[C@@H](n2cnc3c(NC4CCCC4)nc(Cl)nc32)[C@H](O)[C@@H]1O. The predicted molar refractivity (Wildman–Crippen MR) is 115 cm³/mol. The minimum atomic E-state index is -4.81. The molecule has 184 valence electrons. The van der Waals surface area contributed by atoms with E-state index in [1.54, 1.807) is 0 Å². The molecule has 0 aromatic carbocycles. The number of nitrogens with zero attached hydrogens (tertiary/aromatic N) is 4. The first kappa shape index (κ1) is 24.9. The molecule has 0 amide bonds. The molecule has 5 atom stereocenters. The van der Waals surface area contributed by atoms with Crippen molar-refractivity contribution in [2.24, 2.45) is 0 Å². The lowest BCUT2D eigenvalue weighted by molar-refractivity contribution is -0.0483. The van der Waals surface area contributed by atoms with Gasteiger partial charge in [0.25, 0.3) is 0 Å². The molecule has 4 rings (SSSR count). The minimum Gasteiger partial charge on any atom is -0.387 e. The molecule has 0 bridgehead atoms. The van der Waals surface area contributed by atoms with Gasteiger partial charge in [-0.1, -0.05) is 12.8 Å². The van der Waals surface area contributed by atoms with Gasteiger partial charge in [0, 0.05) is 6.04 Å². The summed E-state index contributed by atoms with van der Waals surface area (Å²) < 4.78 is 34.5. The van der Waals surface area contributed by atoms with E-state index in [0.717, 1.165) is 25.7 Å². The number of hydrogen-bond donors (Lipinski definition) is 6. The molecule has 2 aromatic heterocycles. The first-order valence-corrected chi connectivity index (χ1v) is 14.1. The van der Waals surface area contributed by atoms with Crippen LogP contribution in [0.15, 0.2) is 6.33 Å². The van der Waals surface area contributed by atoms with Crippen molar-refractivity contribution in [3.63, 3.8) is 0 Å². The van der Waals surface area contributed by atoms with E-state index in [-0.39, 0.29) is 17.0 Å². The third-order valence-corrected chi connectivity index (χ3v) is 9.13. The van der Waals surface area contributed by atoms with Crippen molar-refractivity contribution in [1.29, 1.82) is 0 Å². The maximum atomic E-state index is 11.9. The van der Waals surface area contributed by atoms with Gasteiger partial charge in [-0.25, -0.2) is 4.98 Å². The summed E-state index contributed by atoms with van der Waals surface area (Å²) in [6.45, 7) is -0.695. The average molecular weight is 528 g/mol. The first-order chi connectivity index (χ1) is 15.4. The van der Waals surface area contributed by atoms with Crippen LogP contribution < -0.4 is 5.32 Å². The summed E-state index contributed by atoms with van der Waals surface area (Å²) in [6, 6.07) is 0.225. The molecular weight excluding hydrogens is 504 g/mol. The number of nitrogens with one attached hydrogen (secondary N) is 1. The smallest absolute Gasteiger partial charge is 0.340 e. The van der Waals surface area contributed by atoms with E-state index >= 15 is 0 Å². The lowest BCUT2D eigenvalue weighted by Crippen LogP contribution is -2.33. The Labute approximate surface area is 192 Å². The van der Waals surface area contributed by atoms with Crippen molar-refractivity contribution in [3.8, 4) is 0 Å². The average Bonchev–Trinajstić information content (AvgIpc) is 3.40. The zero-order valence-corrected chi connectivity index (χ0v) is 19.7. The summed E-state index contributed by atoms with van der Waals surface area (Å²) in [6.07, 6.45) is 0.0318. The standard InChI is InChI=1S/C16H24ClN5O9P2/c17-16-20-13(19-8-3-1-2-4-8)10-14(21-16)22(6-18-10)15-12(24)11(23)9(31-15)5-30-33(28,29)7-32(25,26)27/h6,8-9,11-12,15,23-24H,1-5,7H2,(H,28,29)(H,19,20,21)(H2,25,26,27)/t9-,11-,12-,15-/m1/s1. The fourth-order valence-electron chi connectivity index (χ4n) is 4.00. The Morgan fingerprint density at radius 3 is 2.55 bits per heavy atom. The van der Waals surface area contributed by atoms with Crippen LogP contribution in [0.5, 0.6) is 0 Å². The second-order valence-electron chi connectivity index (χ2n) is 8.08. The van der Waals surface area contributed by atoms with Crippen LogP contribution in [-0.4, -0.2) is 81.3 Å². The molecule has 1 aliphatic heterocycles. The number of fused-ring (bicyclic) bond motifs is 1. The zero-order chi connectivity index (χ0) is 24.0. The maximum absolute atomic E-state index is 11.9. The number of anilines is 1. The van der Waals surface area contributed by atoms with Crippen LogP contribution in [0.4, 0.5) is 5.82 Å². The summed E-state index contributed by atoms with van der Waals surface area (Å²) in [4.78, 5) is 40.1. The van der Waals surface area contributed by atoms with Crippen molar-refractivity contribution in [2.75, 3.05) is 17.8 Å². The van der Waals surface area contributed by atoms with Crippen LogP contribution in [0, 0.1) is 0 Å². The highest BCUT2D eigenvalue weighted by Gasteiger charge is 2.45. The number of halogens is 1. The maximum Gasteiger partial charge on any atom is 0.340 e. The molecule has 2 aromatic rings. The van der Waals surface area contributed by atoms with Crippen molar-refractivity contribution in [2.45, 2.75) is 56.3 Å². The van der Waals surface area contributed by atoms with Gasteiger partial charge in [-0.15, -0.1) is 0 Å². The third-order valence-electron chi connectivity index (χ3n) is 5.50. The number of hydrogen-bond acceptors (Lipinski definition) is 10. The molecule has 2 fully saturated rings. The minimum absolute atomic E-state index is 0.0590. The molecule has 6 N–H and O–H groups in total. The Morgan fingerprint density at radius 1 is 1.18 bits per heavy atom. The largest absolute Gasteiger partial charge is 0.387 e. The normalized spacial score (nSPS) is 28.4. The van der Waals surface area contributed by atoms with Crippen LogP contribution in [-0.2, 0) is 18.4 Å². The van der Waals surface area contributed by atoms with Crippen molar-refractivity contribution < 1.29 is 43.3 Å². The van der Waals surface area contributed by atoms with Crippen LogP contribution in [0.2, 0.25) is 5.28 Å². The Morgan fingerprint density at radius 2 is 1.88 bits per heavy atom. The molecule has 0 radical (unpaired) electrons. The summed E-state index contributed by atoms with van der Waals surface area (Å²) in [7, 11) is -9.47. The Hall–Kier alpha value is -1.18. The number of imidazole rings is 1. The van der Waals surface area contributed by atoms with Crippen LogP contribution in [0.3, 0.4) is 0 Å². The fraction of sp³-hybridized carbons (Fsp3) is 0.688. The molecular formula is C16H24ClN5O9P2. The monoisotopic (exact) mass is 527 g/mol. The van der Waals surface area contributed by atoms with E-state index in [1.165, 1.54) is 10.9 Å². The van der Waals surface area contributed by atoms with Crippen LogP contribution in [0.25, 0.3) is 11.2 Å². The molecule has 14 nitrogen and oxygen atoms in total. The van der Waals surface area contributed by atoms with E-state index in [0.29, 0.717) is 11.3 Å². The molecule has 3 heterocycles. The van der Waals surface area contributed by atoms with Crippen molar-refractivity contribution >= 4 is 43.8 Å². The Balaban J connectivity index is 1.53. The van der Waals surface area contributed by atoms with Gasteiger partial charge in [0.05, 0.1) is 12.9 Å². The first-order valence-electron chi connectivity index (χ1n) is 10.1. The molecule has 1 aliphatic carbocycles. The van der Waals surface area contributed by atoms with Gasteiger partial charge >= 0.3 is 15.2 Å². The van der Waals surface area contributed by atoms with Gasteiger partial charge in [0.15, 0.2) is 29.1 Å². The Bertz CT molecular complexity index is 1110. The Kier molecular flexibility index (Phi) is 7.15. The van der Waals surface area contributed by atoms with Gasteiger partial charge in [0.1, 0.15) is 18.3 Å². The van der Waals surface area contributed by atoms with Gasteiger partial charge in [-0.2, -0.15) is 9.97 Å². The molecule has 1 saturated heterocycles. The van der Waals surface area contributed by atoms with E-state index in [4.69, 9.17) is 30.6 Å². The molecule has 2 aliphatic rings. The predicted octanol–water partition coefficient (Wildman–Crippen LogP) is 0.791. The van der Waals surface area contributed by atoms with Gasteiger partial charge in [0.2, 0.25) is 5.28 Å². The number of ether oxygens (including phenoxy) is 1. The summed E-state index contributed by atoms with van der Waals surface area (Å²) in [5.41, 5.74) is 0.625. The highest BCUT2D eigenvalue weighted by atomic mass is 35.5. The van der Waals surface area contributed by atoms with Crippen molar-refractivity contribution in [1.82, 2.24) is 19.5 Å². The summed E-state index contributed by atoms with van der Waals surface area (Å²) >= 11 is 6.09. The third kappa shape index (κ3) is 5.73. The lowest BCUT2D eigenvalue weighted by Gasteiger charge is -2.18. The second-order valence-corrected chi connectivity index (χ2v) is 12.4. The summed E-state index contributed by atoms with van der Waals surface area (Å²) in [5, 5.41) is 24.1. The zero-order valence-electron chi connectivity index (χ0n) is 17.1. The molecule has 17 heteroatoms. The summed E-state index contributed by atoms with van der Waals surface area (Å²) in [5.74, 6) is -0.949. The second kappa shape index (κ2) is 9.46. The molecule has 33 heavy (non-hydrogen) atoms. The molecule has 1 unspecified atom stereocenters. The van der Waals surface area contributed by atoms with Gasteiger partial charge in [-0.05, 0) is 24.4 Å². The highest BCUT2D eigenvalue weighted by Crippen LogP contribution is 2.55. The van der Waals surface area contributed by atoms with Crippen LogP contribution >= 0.6 is 26.8 Å². The fourth-order valence-corrected chi connectivity index (χ4v) is 6.73.